The molecular formula is C13H16O4. The standard InChI is InChI=1S/C13H16O4/c1-16-10-6-2-3-7-11(10)17-13(12(14)15)8-4-5-9-13/h2-3,6-7H,4-5,8-9H2,1H3,(H,14,15). The quantitative estimate of drug-likeness (QED) is 0.872. The van der Waals surface area contributed by atoms with Gasteiger partial charge in [0.05, 0.1) is 7.11 Å². The highest BCUT2D eigenvalue weighted by molar-refractivity contribution is 5.78. The van der Waals surface area contributed by atoms with Crippen LogP contribution in [0.15, 0.2) is 24.3 Å². The van der Waals surface area contributed by atoms with Crippen LogP contribution < -0.4 is 9.47 Å². The highest BCUT2D eigenvalue weighted by Gasteiger charge is 2.44. The van der Waals surface area contributed by atoms with Gasteiger partial charge in [-0.3, -0.25) is 0 Å². The average molecular weight is 236 g/mol. The summed E-state index contributed by atoms with van der Waals surface area (Å²) >= 11 is 0. The molecule has 4 nitrogen and oxygen atoms in total. The van der Waals surface area contributed by atoms with Crippen molar-refractivity contribution in [3.8, 4) is 11.5 Å². The van der Waals surface area contributed by atoms with Crippen molar-refractivity contribution in [2.24, 2.45) is 0 Å². The van der Waals surface area contributed by atoms with E-state index in [1.807, 2.05) is 12.1 Å². The molecule has 1 aromatic carbocycles. The van der Waals surface area contributed by atoms with Crippen LogP contribution in [0.5, 0.6) is 11.5 Å². The lowest BCUT2D eigenvalue weighted by molar-refractivity contribution is -0.154. The number of aliphatic carboxylic acids is 1. The fourth-order valence-electron chi connectivity index (χ4n) is 2.22. The van der Waals surface area contributed by atoms with Crippen molar-refractivity contribution in [2.75, 3.05) is 7.11 Å². The maximum atomic E-state index is 11.4. The van der Waals surface area contributed by atoms with Crippen molar-refractivity contribution in [1.29, 1.82) is 0 Å². The Morgan fingerprint density at radius 3 is 2.35 bits per heavy atom. The number of methoxy groups -OCH3 is 1. The zero-order chi connectivity index (χ0) is 12.3. The summed E-state index contributed by atoms with van der Waals surface area (Å²) < 4.78 is 10.9. The van der Waals surface area contributed by atoms with Crippen molar-refractivity contribution in [3.63, 3.8) is 0 Å². The summed E-state index contributed by atoms with van der Waals surface area (Å²) in [6, 6.07) is 7.14. The molecule has 0 bridgehead atoms. The number of hydrogen-bond acceptors (Lipinski definition) is 3. The molecule has 1 N–H and O–H groups in total. The first-order valence-corrected chi connectivity index (χ1v) is 5.73. The van der Waals surface area contributed by atoms with Gasteiger partial charge in [0, 0.05) is 0 Å². The smallest absolute Gasteiger partial charge is 0.348 e. The highest BCUT2D eigenvalue weighted by atomic mass is 16.5. The Hall–Kier alpha value is -1.71. The number of hydrogen-bond donors (Lipinski definition) is 1. The third-order valence-corrected chi connectivity index (χ3v) is 3.18. The van der Waals surface area contributed by atoms with Crippen LogP contribution in [0.1, 0.15) is 25.7 Å². The second kappa shape index (κ2) is 4.65. The van der Waals surface area contributed by atoms with Gasteiger partial charge in [-0.2, -0.15) is 0 Å². The molecule has 1 fully saturated rings. The van der Waals surface area contributed by atoms with Gasteiger partial charge in [0.1, 0.15) is 0 Å². The number of carboxylic acid groups (broad SMARTS) is 1. The van der Waals surface area contributed by atoms with E-state index in [1.54, 1.807) is 19.2 Å². The number of para-hydroxylation sites is 2. The molecule has 0 unspecified atom stereocenters. The minimum Gasteiger partial charge on any atom is -0.493 e. The summed E-state index contributed by atoms with van der Waals surface area (Å²) in [4.78, 5) is 11.4. The first-order chi connectivity index (χ1) is 8.18. The second-order valence-corrected chi connectivity index (χ2v) is 4.26. The monoisotopic (exact) mass is 236 g/mol. The molecule has 2 rings (SSSR count). The molecule has 1 aromatic rings. The number of ether oxygens (including phenoxy) is 2. The summed E-state index contributed by atoms with van der Waals surface area (Å²) in [7, 11) is 1.55. The van der Waals surface area contributed by atoms with Crippen LogP contribution in [-0.4, -0.2) is 23.8 Å². The Morgan fingerprint density at radius 2 is 1.82 bits per heavy atom. The summed E-state index contributed by atoms with van der Waals surface area (Å²) in [5, 5.41) is 9.32. The maximum absolute atomic E-state index is 11.4. The van der Waals surface area contributed by atoms with E-state index in [0.717, 1.165) is 12.8 Å². The molecule has 0 saturated heterocycles. The van der Waals surface area contributed by atoms with Crippen molar-refractivity contribution < 1.29 is 19.4 Å². The van der Waals surface area contributed by atoms with E-state index in [9.17, 15) is 9.90 Å². The van der Waals surface area contributed by atoms with Crippen LogP contribution in [0.25, 0.3) is 0 Å². The normalized spacial score (nSPS) is 17.7. The van der Waals surface area contributed by atoms with Crippen molar-refractivity contribution >= 4 is 5.97 Å². The summed E-state index contributed by atoms with van der Waals surface area (Å²) in [5.41, 5.74) is -1.07. The third kappa shape index (κ3) is 2.20. The topological polar surface area (TPSA) is 55.8 Å². The molecule has 1 saturated carbocycles. The van der Waals surface area contributed by atoms with E-state index >= 15 is 0 Å². The predicted octanol–water partition coefficient (Wildman–Crippen LogP) is 2.47. The summed E-state index contributed by atoms with van der Waals surface area (Å²) in [6.07, 6.45) is 2.89. The van der Waals surface area contributed by atoms with E-state index in [-0.39, 0.29) is 0 Å². The van der Waals surface area contributed by atoms with Gasteiger partial charge in [-0.25, -0.2) is 4.79 Å². The molecule has 1 aliphatic rings. The number of rotatable bonds is 4. The number of carbonyl (C=O) groups is 1. The van der Waals surface area contributed by atoms with Crippen molar-refractivity contribution in [2.45, 2.75) is 31.3 Å². The Bertz CT molecular complexity index is 408. The van der Waals surface area contributed by atoms with Crippen LogP contribution in [0, 0.1) is 0 Å². The van der Waals surface area contributed by atoms with Crippen LogP contribution in [0.4, 0.5) is 0 Å². The lowest BCUT2D eigenvalue weighted by atomic mass is 10.0. The van der Waals surface area contributed by atoms with Gasteiger partial charge < -0.3 is 14.6 Å². The predicted molar refractivity (Wildman–Crippen MR) is 62.5 cm³/mol. The lowest BCUT2D eigenvalue weighted by Gasteiger charge is -2.26. The minimum atomic E-state index is -1.07. The Balaban J connectivity index is 2.26. The van der Waals surface area contributed by atoms with Crippen molar-refractivity contribution in [1.82, 2.24) is 0 Å². The van der Waals surface area contributed by atoms with Crippen molar-refractivity contribution in [3.05, 3.63) is 24.3 Å². The zero-order valence-corrected chi connectivity index (χ0v) is 9.81. The molecule has 0 aliphatic heterocycles. The molecule has 0 heterocycles. The minimum absolute atomic E-state index is 0.499. The maximum Gasteiger partial charge on any atom is 0.348 e. The molecule has 92 valence electrons. The molecule has 0 amide bonds. The largest absolute Gasteiger partial charge is 0.493 e. The molecule has 1 aliphatic carbocycles. The van der Waals surface area contributed by atoms with E-state index < -0.39 is 11.6 Å². The van der Waals surface area contributed by atoms with Crippen LogP contribution >= 0.6 is 0 Å². The average Bonchev–Trinajstić information content (AvgIpc) is 2.80. The molecular weight excluding hydrogens is 220 g/mol. The molecule has 4 heteroatoms. The second-order valence-electron chi connectivity index (χ2n) is 4.26. The molecule has 0 radical (unpaired) electrons. The van der Waals surface area contributed by atoms with E-state index in [2.05, 4.69) is 0 Å². The summed E-state index contributed by atoms with van der Waals surface area (Å²) in [5.74, 6) is 0.181. The fourth-order valence-corrected chi connectivity index (χ4v) is 2.22. The highest BCUT2D eigenvalue weighted by Crippen LogP contribution is 2.38. The number of carboxylic acids is 1. The molecule has 0 spiro atoms. The number of benzene rings is 1. The first kappa shape index (κ1) is 11.8. The van der Waals surface area contributed by atoms with E-state index in [0.29, 0.717) is 24.3 Å². The van der Waals surface area contributed by atoms with Crippen LogP contribution in [-0.2, 0) is 4.79 Å². The van der Waals surface area contributed by atoms with Gasteiger partial charge in [0.25, 0.3) is 0 Å². The van der Waals surface area contributed by atoms with Crippen LogP contribution in [0.2, 0.25) is 0 Å². The Kier molecular flexibility index (Phi) is 3.22. The fraction of sp³-hybridized carbons (Fsp3) is 0.462. The molecule has 0 atom stereocenters. The van der Waals surface area contributed by atoms with Gasteiger partial charge >= 0.3 is 5.97 Å². The SMILES string of the molecule is COc1ccccc1OC1(C(=O)O)CCCC1. The Morgan fingerprint density at radius 1 is 1.24 bits per heavy atom. The summed E-state index contributed by atoms with van der Waals surface area (Å²) in [6.45, 7) is 0. The van der Waals surface area contributed by atoms with Gasteiger partial charge in [-0.1, -0.05) is 12.1 Å². The van der Waals surface area contributed by atoms with Gasteiger partial charge in [0.15, 0.2) is 11.5 Å². The van der Waals surface area contributed by atoms with E-state index in [4.69, 9.17) is 9.47 Å². The lowest BCUT2D eigenvalue weighted by Crippen LogP contribution is -2.41. The van der Waals surface area contributed by atoms with E-state index in [1.165, 1.54) is 0 Å². The van der Waals surface area contributed by atoms with Gasteiger partial charge in [-0.05, 0) is 37.8 Å². The third-order valence-electron chi connectivity index (χ3n) is 3.18. The molecule has 17 heavy (non-hydrogen) atoms. The molecule has 0 aromatic heterocycles. The van der Waals surface area contributed by atoms with Crippen LogP contribution in [0.3, 0.4) is 0 Å². The first-order valence-electron chi connectivity index (χ1n) is 5.73. The Labute approximate surface area is 100 Å². The zero-order valence-electron chi connectivity index (χ0n) is 9.81. The van der Waals surface area contributed by atoms with Gasteiger partial charge in [0.2, 0.25) is 5.60 Å². The van der Waals surface area contributed by atoms with Gasteiger partial charge in [-0.15, -0.1) is 0 Å².